The summed E-state index contributed by atoms with van der Waals surface area (Å²) in [5.41, 5.74) is 0.888. The Morgan fingerprint density at radius 3 is 2.61 bits per heavy atom. The van der Waals surface area contributed by atoms with Crippen LogP contribution in [0.25, 0.3) is 11.1 Å². The molecule has 0 saturated carbocycles. The number of carbonyl (C=O) groups is 1. The van der Waals surface area contributed by atoms with E-state index in [4.69, 9.17) is 4.52 Å². The molecule has 2 aliphatic heterocycles. The molecule has 4 heterocycles. The fourth-order valence-corrected chi connectivity index (χ4v) is 5.90. The van der Waals surface area contributed by atoms with E-state index in [1.165, 1.54) is 6.07 Å². The molecule has 2 saturated heterocycles. The number of sulfone groups is 1. The summed E-state index contributed by atoms with van der Waals surface area (Å²) in [4.78, 5) is 18.6. The van der Waals surface area contributed by atoms with Crippen molar-refractivity contribution in [3.8, 4) is 0 Å². The lowest BCUT2D eigenvalue weighted by Gasteiger charge is -2.33. The lowest BCUT2D eigenvalue weighted by atomic mass is 9.91. The average molecular weight is 413 g/mol. The van der Waals surface area contributed by atoms with Crippen LogP contribution in [-0.4, -0.2) is 54.0 Å². The maximum atomic E-state index is 13.5. The van der Waals surface area contributed by atoms with Gasteiger partial charge >= 0.3 is 0 Å². The molecular formula is C18H21F2N3O4S. The van der Waals surface area contributed by atoms with Gasteiger partial charge in [0, 0.05) is 30.3 Å². The number of rotatable bonds is 3. The quantitative estimate of drug-likeness (QED) is 0.768. The molecule has 0 N–H and O–H groups in total. The molecule has 7 nitrogen and oxygen atoms in total. The number of fused-ring (bicyclic) bond motifs is 1. The van der Waals surface area contributed by atoms with E-state index in [-0.39, 0.29) is 40.0 Å². The number of aryl methyl sites for hydroxylation is 1. The number of aromatic nitrogens is 2. The lowest BCUT2D eigenvalue weighted by molar-refractivity contribution is -0.135. The topological polar surface area (TPSA) is 93.4 Å². The van der Waals surface area contributed by atoms with Crippen molar-refractivity contribution in [3.63, 3.8) is 0 Å². The maximum Gasteiger partial charge on any atom is 0.264 e. The summed E-state index contributed by atoms with van der Waals surface area (Å²) < 4.78 is 55.3. The number of likely N-dealkylation sites (tertiary alicyclic amines) is 1. The summed E-state index contributed by atoms with van der Waals surface area (Å²) >= 11 is 0. The predicted molar refractivity (Wildman–Crippen MR) is 96.8 cm³/mol. The highest BCUT2D eigenvalue weighted by Crippen LogP contribution is 2.35. The first-order chi connectivity index (χ1) is 13.2. The van der Waals surface area contributed by atoms with Crippen LogP contribution in [0.3, 0.4) is 0 Å². The Morgan fingerprint density at radius 2 is 2.00 bits per heavy atom. The Labute approximate surface area is 161 Å². The second-order valence-electron chi connectivity index (χ2n) is 7.58. The number of hydrogen-bond donors (Lipinski definition) is 0. The number of piperidine rings is 1. The number of carbonyl (C=O) groups excluding carboxylic acids is 1. The Bertz CT molecular complexity index is 1010. The van der Waals surface area contributed by atoms with Crippen molar-refractivity contribution in [1.82, 2.24) is 15.0 Å². The normalized spacial score (nSPS) is 23.0. The Balaban J connectivity index is 1.49. The van der Waals surface area contributed by atoms with Crippen molar-refractivity contribution >= 4 is 26.8 Å². The summed E-state index contributed by atoms with van der Waals surface area (Å²) in [6.07, 6.45) is -1.12. The summed E-state index contributed by atoms with van der Waals surface area (Å²) in [6, 6.07) is 1.42. The van der Waals surface area contributed by atoms with Crippen LogP contribution < -0.4 is 0 Å². The lowest BCUT2D eigenvalue weighted by Crippen LogP contribution is -2.41. The van der Waals surface area contributed by atoms with Gasteiger partial charge in [0.15, 0.2) is 9.84 Å². The van der Waals surface area contributed by atoms with Crippen molar-refractivity contribution in [3.05, 3.63) is 23.0 Å². The minimum atomic E-state index is -3.11. The van der Waals surface area contributed by atoms with Gasteiger partial charge in [-0.15, -0.1) is 0 Å². The van der Waals surface area contributed by atoms with E-state index in [1.807, 2.05) is 0 Å². The second-order valence-corrected chi connectivity index (χ2v) is 9.81. The number of alkyl halides is 2. The number of halogens is 2. The van der Waals surface area contributed by atoms with Gasteiger partial charge < -0.3 is 9.42 Å². The van der Waals surface area contributed by atoms with Gasteiger partial charge in [0.25, 0.3) is 12.1 Å². The molecule has 0 radical (unpaired) electrons. The number of nitrogens with zero attached hydrogens (tertiary/aromatic N) is 3. The van der Waals surface area contributed by atoms with Crippen LogP contribution in [0.15, 0.2) is 10.6 Å². The molecule has 152 valence electrons. The van der Waals surface area contributed by atoms with Gasteiger partial charge in [-0.1, -0.05) is 5.16 Å². The molecule has 1 amide bonds. The second kappa shape index (κ2) is 7.06. The molecule has 0 spiro atoms. The van der Waals surface area contributed by atoms with Crippen molar-refractivity contribution < 1.29 is 26.5 Å². The first kappa shape index (κ1) is 19.2. The van der Waals surface area contributed by atoms with Crippen LogP contribution in [0.1, 0.15) is 48.6 Å². The minimum Gasteiger partial charge on any atom is -0.342 e. The molecule has 0 bridgehead atoms. The first-order valence-corrected chi connectivity index (χ1v) is 11.1. The smallest absolute Gasteiger partial charge is 0.264 e. The van der Waals surface area contributed by atoms with Gasteiger partial charge in [-0.05, 0) is 32.3 Å². The van der Waals surface area contributed by atoms with Gasteiger partial charge in [0.05, 0.1) is 28.5 Å². The Hall–Kier alpha value is -2.10. The zero-order valence-corrected chi connectivity index (χ0v) is 16.2. The van der Waals surface area contributed by atoms with Crippen LogP contribution in [-0.2, 0) is 14.6 Å². The maximum absolute atomic E-state index is 13.5. The Kier molecular flexibility index (Phi) is 4.84. The van der Waals surface area contributed by atoms with Crippen molar-refractivity contribution in [2.24, 2.45) is 5.92 Å². The first-order valence-electron chi connectivity index (χ1n) is 9.29. The molecule has 2 fully saturated rings. The monoisotopic (exact) mass is 413 g/mol. The third-order valence-electron chi connectivity index (χ3n) is 5.71. The van der Waals surface area contributed by atoms with Gasteiger partial charge in [-0.25, -0.2) is 22.2 Å². The van der Waals surface area contributed by atoms with Crippen molar-refractivity contribution in [2.75, 3.05) is 24.6 Å². The molecule has 0 aromatic carbocycles. The molecule has 0 aliphatic carbocycles. The zero-order valence-electron chi connectivity index (χ0n) is 15.4. The number of amides is 1. The van der Waals surface area contributed by atoms with Gasteiger partial charge in [0.1, 0.15) is 0 Å². The molecule has 0 unspecified atom stereocenters. The van der Waals surface area contributed by atoms with Crippen LogP contribution in [0.2, 0.25) is 0 Å². The summed E-state index contributed by atoms with van der Waals surface area (Å²) in [7, 11) is -3.11. The molecular weight excluding hydrogens is 392 g/mol. The minimum absolute atomic E-state index is 0.0660. The highest BCUT2D eigenvalue weighted by atomic mass is 32.2. The summed E-state index contributed by atoms with van der Waals surface area (Å²) in [5, 5.41) is 4.00. The van der Waals surface area contributed by atoms with E-state index in [1.54, 1.807) is 11.8 Å². The zero-order chi connectivity index (χ0) is 20.1. The van der Waals surface area contributed by atoms with Crippen LogP contribution in [0.4, 0.5) is 8.78 Å². The summed E-state index contributed by atoms with van der Waals surface area (Å²) in [5.74, 6) is -0.659. The summed E-state index contributed by atoms with van der Waals surface area (Å²) in [6.45, 7) is 2.52. The number of pyridine rings is 1. The highest BCUT2D eigenvalue weighted by Gasteiger charge is 2.37. The van der Waals surface area contributed by atoms with Crippen molar-refractivity contribution in [1.29, 1.82) is 0 Å². The predicted octanol–water partition coefficient (Wildman–Crippen LogP) is 2.61. The third-order valence-corrected chi connectivity index (χ3v) is 7.48. The molecule has 10 heteroatoms. The highest BCUT2D eigenvalue weighted by molar-refractivity contribution is 7.91. The van der Waals surface area contributed by atoms with Gasteiger partial charge in [0.2, 0.25) is 5.91 Å². The molecule has 1 atom stereocenters. The number of hydrogen-bond acceptors (Lipinski definition) is 6. The fraction of sp³-hybridized carbons (Fsp3) is 0.611. The van der Waals surface area contributed by atoms with E-state index in [2.05, 4.69) is 10.1 Å². The van der Waals surface area contributed by atoms with E-state index in [9.17, 15) is 22.0 Å². The van der Waals surface area contributed by atoms with E-state index < -0.39 is 22.2 Å². The molecule has 4 rings (SSSR count). The Morgan fingerprint density at radius 1 is 1.29 bits per heavy atom. The van der Waals surface area contributed by atoms with Crippen LogP contribution >= 0.6 is 0 Å². The van der Waals surface area contributed by atoms with Gasteiger partial charge in [-0.2, -0.15) is 0 Å². The largest absolute Gasteiger partial charge is 0.342 e. The molecule has 2 aromatic heterocycles. The van der Waals surface area contributed by atoms with E-state index in [0.717, 1.165) is 0 Å². The molecule has 2 aliphatic rings. The van der Waals surface area contributed by atoms with E-state index in [0.29, 0.717) is 43.7 Å². The fourth-order valence-electron chi connectivity index (χ4n) is 4.17. The van der Waals surface area contributed by atoms with E-state index >= 15 is 0 Å². The van der Waals surface area contributed by atoms with Crippen molar-refractivity contribution in [2.45, 2.75) is 38.5 Å². The van der Waals surface area contributed by atoms with Gasteiger partial charge in [-0.3, -0.25) is 4.79 Å². The van der Waals surface area contributed by atoms with Crippen LogP contribution in [0.5, 0.6) is 0 Å². The average Bonchev–Trinajstić information content (AvgIpc) is 3.22. The standard InChI is InChI=1S/C18H21F2N3O4S/c1-10-15-13(16(19)20)8-14(21-17(15)27-22-10)11-2-5-23(6-3-11)18(24)12-4-7-28(25,26)9-12/h8,11-12,16H,2-7,9H2,1H3/t12-/m0/s1. The molecule has 2 aromatic rings. The third kappa shape index (κ3) is 3.49. The van der Waals surface area contributed by atoms with Crippen LogP contribution in [0, 0.1) is 12.8 Å². The SMILES string of the molecule is Cc1noc2nc(C3CCN(C(=O)[C@H]4CCS(=O)(=O)C4)CC3)cc(C(F)F)c12. The molecule has 28 heavy (non-hydrogen) atoms.